The maximum Gasteiger partial charge on any atom is 0.333 e. The van der Waals surface area contributed by atoms with Crippen LogP contribution in [0.5, 0.6) is 5.88 Å². The van der Waals surface area contributed by atoms with Crippen LogP contribution in [-0.4, -0.2) is 31.7 Å². The molecule has 0 unspecified atom stereocenters. The van der Waals surface area contributed by atoms with E-state index in [9.17, 15) is 4.79 Å². The standard InChI is InChI=1S/C13H18N2O3/c1-10(13(16)18-3)4-6-14-9-11-5-7-15-12(8-11)17-2/h4-5,7-8,14H,6,9H2,1-3H3/b10-4+. The van der Waals surface area contributed by atoms with Gasteiger partial charge in [-0.25, -0.2) is 9.78 Å². The predicted octanol–water partition coefficient (Wildman–Crippen LogP) is 1.30. The molecule has 0 aliphatic heterocycles. The highest BCUT2D eigenvalue weighted by atomic mass is 16.5. The molecule has 0 saturated heterocycles. The van der Waals surface area contributed by atoms with Gasteiger partial charge >= 0.3 is 5.97 Å². The van der Waals surface area contributed by atoms with Gasteiger partial charge in [-0.1, -0.05) is 6.08 Å². The minimum atomic E-state index is -0.303. The summed E-state index contributed by atoms with van der Waals surface area (Å²) < 4.78 is 9.63. The number of hydrogen-bond acceptors (Lipinski definition) is 5. The van der Waals surface area contributed by atoms with Crippen LogP contribution in [0, 0.1) is 0 Å². The number of carbonyl (C=O) groups is 1. The number of hydrogen-bond donors (Lipinski definition) is 1. The molecule has 1 heterocycles. The van der Waals surface area contributed by atoms with Crippen LogP contribution in [0.15, 0.2) is 30.0 Å². The number of carbonyl (C=O) groups excluding carboxylic acids is 1. The minimum Gasteiger partial charge on any atom is -0.481 e. The van der Waals surface area contributed by atoms with Gasteiger partial charge in [0.1, 0.15) is 0 Å². The molecular weight excluding hydrogens is 232 g/mol. The smallest absolute Gasteiger partial charge is 0.333 e. The largest absolute Gasteiger partial charge is 0.481 e. The van der Waals surface area contributed by atoms with Crippen LogP contribution < -0.4 is 10.1 Å². The van der Waals surface area contributed by atoms with Crippen molar-refractivity contribution in [3.8, 4) is 5.88 Å². The van der Waals surface area contributed by atoms with Gasteiger partial charge in [0.25, 0.3) is 0 Å². The molecule has 0 spiro atoms. The third kappa shape index (κ3) is 4.55. The van der Waals surface area contributed by atoms with Crippen molar-refractivity contribution in [3.63, 3.8) is 0 Å². The molecule has 1 aromatic heterocycles. The van der Waals surface area contributed by atoms with Crippen molar-refractivity contribution < 1.29 is 14.3 Å². The number of aromatic nitrogens is 1. The zero-order valence-electron chi connectivity index (χ0n) is 10.9. The van der Waals surface area contributed by atoms with Gasteiger partial charge in [-0.2, -0.15) is 0 Å². The molecule has 0 bridgehead atoms. The zero-order valence-corrected chi connectivity index (χ0v) is 10.9. The summed E-state index contributed by atoms with van der Waals surface area (Å²) >= 11 is 0. The lowest BCUT2D eigenvalue weighted by Gasteiger charge is -2.04. The van der Waals surface area contributed by atoms with Crippen LogP contribution in [0.1, 0.15) is 12.5 Å². The lowest BCUT2D eigenvalue weighted by atomic mass is 10.2. The van der Waals surface area contributed by atoms with Gasteiger partial charge in [-0.15, -0.1) is 0 Å². The van der Waals surface area contributed by atoms with Gasteiger partial charge < -0.3 is 14.8 Å². The first-order valence-electron chi connectivity index (χ1n) is 5.62. The second-order valence-electron chi connectivity index (χ2n) is 3.72. The number of nitrogens with zero attached hydrogens (tertiary/aromatic N) is 1. The lowest BCUT2D eigenvalue weighted by Crippen LogP contribution is -2.14. The highest BCUT2D eigenvalue weighted by Gasteiger charge is 2.01. The van der Waals surface area contributed by atoms with Crippen LogP contribution in [0.25, 0.3) is 0 Å². The van der Waals surface area contributed by atoms with E-state index in [-0.39, 0.29) is 5.97 Å². The number of methoxy groups -OCH3 is 2. The Morgan fingerprint density at radius 1 is 1.50 bits per heavy atom. The second-order valence-corrected chi connectivity index (χ2v) is 3.72. The summed E-state index contributed by atoms with van der Waals surface area (Å²) in [5, 5.41) is 3.20. The molecule has 0 radical (unpaired) electrons. The van der Waals surface area contributed by atoms with E-state index in [1.54, 1.807) is 26.3 Å². The fourth-order valence-electron chi connectivity index (χ4n) is 1.36. The molecule has 0 aliphatic carbocycles. The first kappa shape index (κ1) is 14.2. The molecule has 0 atom stereocenters. The number of rotatable bonds is 6. The molecule has 0 amide bonds. The molecule has 0 aliphatic rings. The number of ether oxygens (including phenoxy) is 2. The molecule has 5 nitrogen and oxygen atoms in total. The van der Waals surface area contributed by atoms with Crippen molar-refractivity contribution >= 4 is 5.97 Å². The Hall–Kier alpha value is -1.88. The molecule has 0 aromatic carbocycles. The summed E-state index contributed by atoms with van der Waals surface area (Å²) in [6.07, 6.45) is 3.50. The topological polar surface area (TPSA) is 60.5 Å². The van der Waals surface area contributed by atoms with E-state index >= 15 is 0 Å². The molecule has 0 saturated carbocycles. The summed E-state index contributed by atoms with van der Waals surface area (Å²) in [5.41, 5.74) is 1.67. The maximum atomic E-state index is 11.1. The van der Waals surface area contributed by atoms with Crippen LogP contribution in [0.4, 0.5) is 0 Å². The van der Waals surface area contributed by atoms with Crippen LogP contribution in [-0.2, 0) is 16.1 Å². The Kier molecular flexibility index (Phi) is 5.87. The summed E-state index contributed by atoms with van der Waals surface area (Å²) in [7, 11) is 2.96. The molecule has 98 valence electrons. The van der Waals surface area contributed by atoms with E-state index in [2.05, 4.69) is 15.0 Å². The van der Waals surface area contributed by atoms with Crippen molar-refractivity contribution in [2.24, 2.45) is 0 Å². The monoisotopic (exact) mass is 250 g/mol. The predicted molar refractivity (Wildman–Crippen MR) is 68.3 cm³/mol. The number of pyridine rings is 1. The van der Waals surface area contributed by atoms with Gasteiger partial charge in [0.2, 0.25) is 5.88 Å². The van der Waals surface area contributed by atoms with E-state index in [4.69, 9.17) is 4.74 Å². The normalized spacial score (nSPS) is 11.2. The number of esters is 1. The molecule has 5 heteroatoms. The molecule has 0 fully saturated rings. The molecule has 1 aromatic rings. The highest BCUT2D eigenvalue weighted by Crippen LogP contribution is 2.07. The lowest BCUT2D eigenvalue weighted by molar-refractivity contribution is -0.136. The van der Waals surface area contributed by atoms with Gasteiger partial charge in [0.15, 0.2) is 0 Å². The minimum absolute atomic E-state index is 0.303. The summed E-state index contributed by atoms with van der Waals surface area (Å²) in [5.74, 6) is 0.290. The first-order valence-corrected chi connectivity index (χ1v) is 5.62. The van der Waals surface area contributed by atoms with Crippen LogP contribution in [0.3, 0.4) is 0 Å². The first-order chi connectivity index (χ1) is 8.67. The van der Waals surface area contributed by atoms with Crippen molar-refractivity contribution in [1.82, 2.24) is 10.3 Å². The Balaban J connectivity index is 2.39. The summed E-state index contributed by atoms with van der Waals surface area (Å²) in [4.78, 5) is 15.1. The fourth-order valence-corrected chi connectivity index (χ4v) is 1.36. The Bertz CT molecular complexity index is 430. The van der Waals surface area contributed by atoms with Gasteiger partial charge in [0, 0.05) is 30.9 Å². The van der Waals surface area contributed by atoms with Gasteiger partial charge in [0.05, 0.1) is 14.2 Å². The molecule has 1 rings (SSSR count). The Morgan fingerprint density at radius 2 is 2.28 bits per heavy atom. The third-order valence-electron chi connectivity index (χ3n) is 2.40. The Morgan fingerprint density at radius 3 is 2.94 bits per heavy atom. The van der Waals surface area contributed by atoms with E-state index in [1.807, 2.05) is 12.1 Å². The number of nitrogens with one attached hydrogen (secondary N) is 1. The quantitative estimate of drug-likeness (QED) is 0.468. The summed E-state index contributed by atoms with van der Waals surface area (Å²) in [6.45, 7) is 3.01. The Labute approximate surface area is 107 Å². The van der Waals surface area contributed by atoms with Gasteiger partial charge in [-0.05, 0) is 18.6 Å². The average Bonchev–Trinajstić information content (AvgIpc) is 2.42. The van der Waals surface area contributed by atoms with Crippen molar-refractivity contribution in [1.29, 1.82) is 0 Å². The van der Waals surface area contributed by atoms with Crippen molar-refractivity contribution in [2.45, 2.75) is 13.5 Å². The van der Waals surface area contributed by atoms with Crippen molar-refractivity contribution in [3.05, 3.63) is 35.5 Å². The van der Waals surface area contributed by atoms with Gasteiger partial charge in [-0.3, -0.25) is 0 Å². The van der Waals surface area contributed by atoms with E-state index in [0.717, 1.165) is 5.56 Å². The van der Waals surface area contributed by atoms with E-state index in [1.165, 1.54) is 7.11 Å². The fraction of sp³-hybridized carbons (Fsp3) is 0.385. The second kappa shape index (κ2) is 7.45. The van der Waals surface area contributed by atoms with E-state index in [0.29, 0.717) is 24.5 Å². The molecule has 18 heavy (non-hydrogen) atoms. The zero-order chi connectivity index (χ0) is 13.4. The molecule has 1 N–H and O–H groups in total. The SMILES string of the molecule is COC(=O)/C(C)=C/CNCc1ccnc(OC)c1. The van der Waals surface area contributed by atoms with E-state index < -0.39 is 0 Å². The average molecular weight is 250 g/mol. The maximum absolute atomic E-state index is 11.1. The third-order valence-corrected chi connectivity index (χ3v) is 2.40. The molecular formula is C13H18N2O3. The van der Waals surface area contributed by atoms with Crippen LogP contribution >= 0.6 is 0 Å². The summed E-state index contributed by atoms with van der Waals surface area (Å²) in [6, 6.07) is 3.77. The van der Waals surface area contributed by atoms with Crippen LogP contribution in [0.2, 0.25) is 0 Å². The highest BCUT2D eigenvalue weighted by molar-refractivity contribution is 5.87. The van der Waals surface area contributed by atoms with Crippen molar-refractivity contribution in [2.75, 3.05) is 20.8 Å².